The number of carboxylic acids is 1. The minimum Gasteiger partial charge on any atom is -0.543 e. The third-order valence-electron chi connectivity index (χ3n) is 4.24. The fourth-order valence-electron chi connectivity index (χ4n) is 2.91. The normalized spacial score (nSPS) is 20.0. The number of thiazole rings is 1. The quantitative estimate of drug-likeness (QED) is 0.118. The zero-order valence-electron chi connectivity index (χ0n) is 17.4. The Balaban J connectivity index is 0.00000363. The van der Waals surface area contributed by atoms with Crippen molar-refractivity contribution in [3.63, 3.8) is 0 Å². The van der Waals surface area contributed by atoms with Gasteiger partial charge < -0.3 is 30.5 Å². The van der Waals surface area contributed by atoms with Gasteiger partial charge in [0.25, 0.3) is 11.8 Å². The SMILES string of the molecule is CCO/N=C(\C(=O)N[C@@H]1C(=O)N2C(C(=O)[O-])=C(COC(C)=O)CS[C@H]12)c1csc(N)n1.[Na+]. The summed E-state index contributed by atoms with van der Waals surface area (Å²) in [5.74, 6) is -3.33. The molecule has 0 bridgehead atoms. The van der Waals surface area contributed by atoms with Gasteiger partial charge >= 0.3 is 35.5 Å². The molecule has 3 N–H and O–H groups in total. The number of carbonyl (C=O) groups is 4. The molecule has 2 aliphatic rings. The number of nitrogen functional groups attached to an aromatic ring is 1. The summed E-state index contributed by atoms with van der Waals surface area (Å²) in [6.07, 6.45) is 0. The largest absolute Gasteiger partial charge is 1.00 e. The number of carboxylic acid groups (broad SMARTS) is 1. The number of oxime groups is 1. The molecule has 0 aromatic carbocycles. The van der Waals surface area contributed by atoms with Crippen molar-refractivity contribution in [1.29, 1.82) is 0 Å². The number of nitrogens with two attached hydrogens (primary N) is 1. The van der Waals surface area contributed by atoms with Crippen LogP contribution in [0, 0.1) is 0 Å². The summed E-state index contributed by atoms with van der Waals surface area (Å²) in [5.41, 5.74) is 5.53. The number of amides is 2. The first-order chi connectivity index (χ1) is 14.7. The van der Waals surface area contributed by atoms with Crippen LogP contribution in [0.2, 0.25) is 0 Å². The summed E-state index contributed by atoms with van der Waals surface area (Å²) in [4.78, 5) is 58.1. The van der Waals surface area contributed by atoms with Crippen molar-refractivity contribution in [3.8, 4) is 0 Å². The molecule has 1 aromatic rings. The Kier molecular flexibility index (Phi) is 9.09. The molecule has 2 aliphatic heterocycles. The van der Waals surface area contributed by atoms with Crippen molar-refractivity contribution in [2.75, 3.05) is 24.7 Å². The standard InChI is InChI=1S/C17H19N5O7S2.Na/c1-3-29-21-10(9-6-31-17(18)19-9)13(24)20-11-14(25)22-12(16(26)27)8(4-28-7(2)23)5-30-15(11)22;/h6,11,15H,3-5H2,1-2H3,(H2,18,19)(H,20,24)(H,26,27);/q;+1/p-1/b21-10-;/t11-,15-;/m1./s1. The van der Waals surface area contributed by atoms with Gasteiger partial charge in [0.2, 0.25) is 0 Å². The van der Waals surface area contributed by atoms with Gasteiger partial charge in [-0.3, -0.25) is 19.3 Å². The average Bonchev–Trinajstić information content (AvgIpc) is 3.15. The van der Waals surface area contributed by atoms with Crippen molar-refractivity contribution >= 4 is 57.7 Å². The summed E-state index contributed by atoms with van der Waals surface area (Å²) in [5, 5.41) is 19.0. The average molecular weight is 491 g/mol. The van der Waals surface area contributed by atoms with Gasteiger partial charge in [-0.25, -0.2) is 4.98 Å². The molecule has 0 saturated carbocycles. The molecule has 2 amide bonds. The second kappa shape index (κ2) is 11.1. The maximum absolute atomic E-state index is 12.8. The molecule has 12 nitrogen and oxygen atoms in total. The molecule has 166 valence electrons. The van der Waals surface area contributed by atoms with Crippen molar-refractivity contribution in [2.45, 2.75) is 25.3 Å². The molecule has 0 spiro atoms. The second-order valence-corrected chi connectivity index (χ2v) is 8.30. The van der Waals surface area contributed by atoms with E-state index in [1.165, 1.54) is 24.1 Å². The summed E-state index contributed by atoms with van der Waals surface area (Å²) in [6.45, 7) is 2.81. The van der Waals surface area contributed by atoms with Crippen molar-refractivity contribution in [1.82, 2.24) is 15.2 Å². The molecule has 1 saturated heterocycles. The first kappa shape index (κ1) is 26.1. The van der Waals surface area contributed by atoms with E-state index in [0.29, 0.717) is 0 Å². The summed E-state index contributed by atoms with van der Waals surface area (Å²) in [7, 11) is 0. The number of β-lactam (4-membered cyclic amide) rings is 1. The Morgan fingerprint density at radius 3 is 2.72 bits per heavy atom. The van der Waals surface area contributed by atoms with Gasteiger partial charge in [0.05, 0.1) is 11.7 Å². The summed E-state index contributed by atoms with van der Waals surface area (Å²) >= 11 is 2.33. The van der Waals surface area contributed by atoms with Crippen LogP contribution in [0.15, 0.2) is 21.8 Å². The first-order valence-corrected chi connectivity index (χ1v) is 10.9. The predicted molar refractivity (Wildman–Crippen MR) is 108 cm³/mol. The van der Waals surface area contributed by atoms with E-state index in [-0.39, 0.29) is 76.3 Å². The Bertz CT molecular complexity index is 996. The fraction of sp³-hybridized carbons (Fsp3) is 0.412. The summed E-state index contributed by atoms with van der Waals surface area (Å²) < 4.78 is 4.86. The number of nitrogens with zero attached hydrogens (tertiary/aromatic N) is 3. The molecule has 0 aliphatic carbocycles. The number of fused-ring (bicyclic) bond motifs is 1. The number of hydrogen-bond donors (Lipinski definition) is 2. The third-order valence-corrected chi connectivity index (χ3v) is 6.25. The van der Waals surface area contributed by atoms with Crippen LogP contribution >= 0.6 is 23.1 Å². The van der Waals surface area contributed by atoms with E-state index in [1.807, 2.05) is 0 Å². The molecule has 1 fully saturated rings. The van der Waals surface area contributed by atoms with E-state index in [0.717, 1.165) is 16.2 Å². The number of nitrogens with one attached hydrogen (secondary N) is 1. The van der Waals surface area contributed by atoms with Crippen LogP contribution in [0.5, 0.6) is 0 Å². The molecular formula is C17H18N5NaO7S2. The van der Waals surface area contributed by atoms with Crippen LogP contribution in [0.25, 0.3) is 0 Å². The van der Waals surface area contributed by atoms with Crippen molar-refractivity contribution in [3.05, 3.63) is 22.3 Å². The molecule has 1 aromatic heterocycles. The van der Waals surface area contributed by atoms with Crippen LogP contribution in [-0.4, -0.2) is 69.7 Å². The summed E-state index contributed by atoms with van der Waals surface area (Å²) in [6, 6.07) is -0.995. The van der Waals surface area contributed by atoms with E-state index < -0.39 is 35.2 Å². The van der Waals surface area contributed by atoms with Gasteiger partial charge in [-0.05, 0) is 6.92 Å². The number of hydrogen-bond acceptors (Lipinski definition) is 12. The predicted octanol–water partition coefficient (Wildman–Crippen LogP) is -4.56. The van der Waals surface area contributed by atoms with Gasteiger partial charge in [0.15, 0.2) is 10.8 Å². The zero-order valence-corrected chi connectivity index (χ0v) is 21.1. The molecule has 3 heterocycles. The van der Waals surface area contributed by atoms with E-state index in [4.69, 9.17) is 15.3 Å². The molecule has 15 heteroatoms. The molecule has 0 unspecified atom stereocenters. The van der Waals surface area contributed by atoms with Gasteiger partial charge in [0, 0.05) is 23.6 Å². The minimum atomic E-state index is -1.57. The Hall–Kier alpha value is -2.13. The molecule has 3 rings (SSSR count). The Morgan fingerprint density at radius 2 is 2.16 bits per heavy atom. The number of carbonyl (C=O) groups excluding carboxylic acids is 4. The van der Waals surface area contributed by atoms with Crippen LogP contribution in [-0.2, 0) is 28.8 Å². The fourth-order valence-corrected chi connectivity index (χ4v) is 4.79. The van der Waals surface area contributed by atoms with E-state index in [9.17, 15) is 24.3 Å². The van der Waals surface area contributed by atoms with Gasteiger partial charge in [-0.2, -0.15) is 0 Å². The van der Waals surface area contributed by atoms with Gasteiger partial charge in [-0.1, -0.05) is 5.16 Å². The second-order valence-electron chi connectivity index (χ2n) is 6.31. The maximum Gasteiger partial charge on any atom is 1.00 e. The third kappa shape index (κ3) is 5.43. The molecule has 32 heavy (non-hydrogen) atoms. The molecule has 0 radical (unpaired) electrons. The van der Waals surface area contributed by atoms with Crippen molar-refractivity contribution in [2.24, 2.45) is 5.16 Å². The van der Waals surface area contributed by atoms with Crippen LogP contribution in [0.3, 0.4) is 0 Å². The van der Waals surface area contributed by atoms with E-state index >= 15 is 0 Å². The van der Waals surface area contributed by atoms with Gasteiger partial charge in [-0.15, -0.1) is 23.1 Å². The number of thioether (sulfide) groups is 1. The number of ether oxygens (including phenoxy) is 1. The Labute approximate surface area is 212 Å². The number of esters is 1. The smallest absolute Gasteiger partial charge is 0.543 e. The van der Waals surface area contributed by atoms with Crippen molar-refractivity contribution < 1.29 is 63.4 Å². The number of rotatable bonds is 8. The monoisotopic (exact) mass is 491 g/mol. The van der Waals surface area contributed by atoms with Gasteiger partial charge in [0.1, 0.15) is 30.3 Å². The van der Waals surface area contributed by atoms with E-state index in [2.05, 4.69) is 15.5 Å². The Morgan fingerprint density at radius 1 is 1.44 bits per heavy atom. The maximum atomic E-state index is 12.8. The van der Waals surface area contributed by atoms with Crippen LogP contribution in [0.1, 0.15) is 19.5 Å². The number of aliphatic carboxylic acids is 1. The molecular weight excluding hydrogens is 473 g/mol. The molecule has 2 atom stereocenters. The zero-order chi connectivity index (χ0) is 22.7. The minimum absolute atomic E-state index is 0. The van der Waals surface area contributed by atoms with E-state index in [1.54, 1.807) is 6.92 Å². The topological polar surface area (TPSA) is 176 Å². The number of aromatic nitrogens is 1. The first-order valence-electron chi connectivity index (χ1n) is 8.98. The van der Waals surface area contributed by atoms with Crippen LogP contribution < -0.4 is 45.7 Å². The number of anilines is 1. The van der Waals surface area contributed by atoms with Crippen LogP contribution in [0.4, 0.5) is 5.13 Å².